The molecule has 3 rings (SSSR count). The zero-order chi connectivity index (χ0) is 24.5. The molecule has 1 amide bonds. The molecular weight excluding hydrogens is 438 g/mol. The number of allylic oxidation sites excluding steroid dienone is 1. The summed E-state index contributed by atoms with van der Waals surface area (Å²) in [7, 11) is 3.09. The Labute approximate surface area is 198 Å². The lowest BCUT2D eigenvalue weighted by molar-refractivity contribution is -0.143. The van der Waals surface area contributed by atoms with Gasteiger partial charge < -0.3 is 28.7 Å². The van der Waals surface area contributed by atoms with Crippen molar-refractivity contribution < 1.29 is 33.0 Å². The Hall–Kier alpha value is -3.94. The van der Waals surface area contributed by atoms with E-state index in [9.17, 15) is 9.59 Å². The molecule has 8 heteroatoms. The van der Waals surface area contributed by atoms with Crippen molar-refractivity contribution in [2.24, 2.45) is 0 Å². The van der Waals surface area contributed by atoms with Crippen molar-refractivity contribution in [1.82, 2.24) is 0 Å². The fourth-order valence-electron chi connectivity index (χ4n) is 3.34. The number of furan rings is 1. The van der Waals surface area contributed by atoms with E-state index in [0.29, 0.717) is 65.9 Å². The van der Waals surface area contributed by atoms with E-state index in [2.05, 4.69) is 5.32 Å². The minimum atomic E-state index is -0.305. The van der Waals surface area contributed by atoms with Crippen molar-refractivity contribution in [2.75, 3.05) is 32.8 Å². The zero-order valence-corrected chi connectivity index (χ0v) is 19.8. The summed E-state index contributed by atoms with van der Waals surface area (Å²) in [5.74, 6) is 1.69. The third-order valence-electron chi connectivity index (χ3n) is 4.98. The van der Waals surface area contributed by atoms with Gasteiger partial charge in [-0.25, -0.2) is 0 Å². The minimum absolute atomic E-state index is 0.239. The highest BCUT2D eigenvalue weighted by Gasteiger charge is 2.13. The van der Waals surface area contributed by atoms with Crippen molar-refractivity contribution in [3.05, 3.63) is 54.3 Å². The van der Waals surface area contributed by atoms with E-state index in [1.807, 2.05) is 24.3 Å². The Bertz CT molecular complexity index is 1180. The number of methoxy groups -OCH3 is 2. The maximum absolute atomic E-state index is 12.5. The van der Waals surface area contributed by atoms with Gasteiger partial charge >= 0.3 is 5.97 Å². The van der Waals surface area contributed by atoms with Gasteiger partial charge in [0, 0.05) is 29.6 Å². The van der Waals surface area contributed by atoms with E-state index in [0.717, 1.165) is 5.39 Å². The number of amides is 1. The number of hydrogen-bond donors (Lipinski definition) is 1. The van der Waals surface area contributed by atoms with Crippen LogP contribution in [0.3, 0.4) is 0 Å². The van der Waals surface area contributed by atoms with Crippen LogP contribution in [0.5, 0.6) is 17.2 Å². The molecule has 0 fully saturated rings. The highest BCUT2D eigenvalue weighted by atomic mass is 16.5. The van der Waals surface area contributed by atoms with Gasteiger partial charge in [-0.2, -0.15) is 0 Å². The van der Waals surface area contributed by atoms with Gasteiger partial charge in [0.2, 0.25) is 5.91 Å². The van der Waals surface area contributed by atoms with E-state index < -0.39 is 0 Å². The maximum atomic E-state index is 12.5. The molecule has 8 nitrogen and oxygen atoms in total. The van der Waals surface area contributed by atoms with E-state index in [1.54, 1.807) is 39.2 Å². The second-order valence-electron chi connectivity index (χ2n) is 7.43. The Balaban J connectivity index is 1.68. The van der Waals surface area contributed by atoms with Crippen molar-refractivity contribution in [3.63, 3.8) is 0 Å². The van der Waals surface area contributed by atoms with Gasteiger partial charge in [-0.05, 0) is 50.1 Å². The predicted molar refractivity (Wildman–Crippen MR) is 129 cm³/mol. The summed E-state index contributed by atoms with van der Waals surface area (Å²) in [4.78, 5) is 24.0. The molecule has 1 aromatic heterocycles. The molecule has 2 aromatic carbocycles. The molecule has 3 aromatic rings. The van der Waals surface area contributed by atoms with Gasteiger partial charge in [-0.1, -0.05) is 12.1 Å². The van der Waals surface area contributed by atoms with Crippen LogP contribution in [0.4, 0.5) is 5.69 Å². The van der Waals surface area contributed by atoms with Crippen molar-refractivity contribution >= 4 is 34.1 Å². The fourth-order valence-corrected chi connectivity index (χ4v) is 3.34. The molecule has 0 aliphatic carbocycles. The van der Waals surface area contributed by atoms with E-state index in [1.165, 1.54) is 13.2 Å². The number of carbonyl (C=O) groups excluding carboxylic acids is 2. The maximum Gasteiger partial charge on any atom is 0.305 e. The number of hydrogen-bond acceptors (Lipinski definition) is 7. The largest absolute Gasteiger partial charge is 0.493 e. The normalized spacial score (nSPS) is 11.2. The van der Waals surface area contributed by atoms with E-state index in [-0.39, 0.29) is 11.9 Å². The van der Waals surface area contributed by atoms with E-state index >= 15 is 0 Å². The summed E-state index contributed by atoms with van der Waals surface area (Å²) in [5, 5.41) is 3.66. The zero-order valence-electron chi connectivity index (χ0n) is 19.8. The van der Waals surface area contributed by atoms with Crippen LogP contribution in [0.25, 0.3) is 16.5 Å². The summed E-state index contributed by atoms with van der Waals surface area (Å²) in [6.45, 7) is 4.30. The first-order valence-corrected chi connectivity index (χ1v) is 11.0. The van der Waals surface area contributed by atoms with Crippen LogP contribution < -0.4 is 19.5 Å². The summed E-state index contributed by atoms with van der Waals surface area (Å²) < 4.78 is 27.2. The number of rotatable bonds is 11. The fraction of sp³-hybridized carbons (Fsp3) is 0.308. The average Bonchev–Trinajstić information content (AvgIpc) is 3.27. The molecule has 0 unspecified atom stereocenters. The molecule has 1 N–H and O–H groups in total. The molecule has 34 heavy (non-hydrogen) atoms. The minimum Gasteiger partial charge on any atom is -0.493 e. The lowest BCUT2D eigenvalue weighted by Crippen LogP contribution is -2.08. The van der Waals surface area contributed by atoms with Crippen LogP contribution in [0.15, 0.2) is 53.0 Å². The molecular formula is C26H29NO7. The number of fused-ring (bicyclic) bond motifs is 1. The van der Waals surface area contributed by atoms with Crippen LogP contribution in [-0.4, -0.2) is 39.3 Å². The first-order chi connectivity index (χ1) is 16.4. The van der Waals surface area contributed by atoms with Gasteiger partial charge in [-0.15, -0.1) is 0 Å². The van der Waals surface area contributed by atoms with Gasteiger partial charge in [0.15, 0.2) is 22.8 Å². The highest BCUT2D eigenvalue weighted by Crippen LogP contribution is 2.32. The highest BCUT2D eigenvalue weighted by molar-refractivity contribution is 6.04. The van der Waals surface area contributed by atoms with Crippen molar-refractivity contribution in [1.29, 1.82) is 0 Å². The van der Waals surface area contributed by atoms with Crippen LogP contribution >= 0.6 is 0 Å². The first kappa shape index (κ1) is 24.7. The summed E-state index contributed by atoms with van der Waals surface area (Å²) in [5.41, 5.74) is 1.82. The Morgan fingerprint density at radius 3 is 2.56 bits per heavy atom. The van der Waals surface area contributed by atoms with E-state index in [4.69, 9.17) is 23.4 Å². The van der Waals surface area contributed by atoms with Gasteiger partial charge in [0.05, 0.1) is 27.4 Å². The standard InChI is InChI=1S/C26H29NO7/c1-5-32-25(29)10-7-13-33-21-9-6-8-18-15-22(34-26(18)21)17(2)14-24(28)27-19-11-12-20(30-3)23(16-19)31-4/h6,8-9,11-12,14-16H,5,7,10,13H2,1-4H3,(H,27,28). The Morgan fingerprint density at radius 2 is 1.82 bits per heavy atom. The van der Waals surface area contributed by atoms with Gasteiger partial charge in [-0.3, -0.25) is 9.59 Å². The Morgan fingerprint density at radius 1 is 1.03 bits per heavy atom. The number of benzene rings is 2. The molecule has 0 bridgehead atoms. The van der Waals surface area contributed by atoms with Crippen molar-refractivity contribution in [3.8, 4) is 17.2 Å². The van der Waals surface area contributed by atoms with Crippen LogP contribution in [0.1, 0.15) is 32.4 Å². The first-order valence-electron chi connectivity index (χ1n) is 11.0. The quantitative estimate of drug-likeness (QED) is 0.235. The number of ether oxygens (including phenoxy) is 4. The molecule has 0 saturated heterocycles. The number of para-hydroxylation sites is 1. The number of nitrogens with one attached hydrogen (secondary N) is 1. The third kappa shape index (κ3) is 6.31. The van der Waals surface area contributed by atoms with Crippen molar-refractivity contribution in [2.45, 2.75) is 26.7 Å². The lowest BCUT2D eigenvalue weighted by atomic mass is 10.2. The number of anilines is 1. The predicted octanol–water partition coefficient (Wildman–Crippen LogP) is 5.21. The van der Waals surface area contributed by atoms with Gasteiger partial charge in [0.25, 0.3) is 0 Å². The monoisotopic (exact) mass is 467 g/mol. The van der Waals surface area contributed by atoms with Crippen LogP contribution in [0.2, 0.25) is 0 Å². The lowest BCUT2D eigenvalue weighted by Gasteiger charge is -2.09. The number of carbonyl (C=O) groups is 2. The SMILES string of the molecule is CCOC(=O)CCCOc1cccc2cc(C(C)=CC(=O)Nc3ccc(OC)c(OC)c3)oc12. The number of esters is 1. The average molecular weight is 468 g/mol. The second-order valence-corrected chi connectivity index (χ2v) is 7.43. The molecule has 0 aliphatic heterocycles. The molecule has 180 valence electrons. The summed E-state index contributed by atoms with van der Waals surface area (Å²) in [6, 6.07) is 12.6. The summed E-state index contributed by atoms with van der Waals surface area (Å²) in [6.07, 6.45) is 2.30. The third-order valence-corrected chi connectivity index (χ3v) is 4.98. The summed E-state index contributed by atoms with van der Waals surface area (Å²) >= 11 is 0. The smallest absolute Gasteiger partial charge is 0.305 e. The van der Waals surface area contributed by atoms with Crippen LogP contribution in [-0.2, 0) is 14.3 Å². The molecule has 0 atom stereocenters. The second kappa shape index (κ2) is 11.8. The van der Waals surface area contributed by atoms with Crippen LogP contribution in [0, 0.1) is 0 Å². The molecule has 0 aliphatic rings. The van der Waals surface area contributed by atoms with Gasteiger partial charge in [0.1, 0.15) is 5.76 Å². The molecule has 0 spiro atoms. The topological polar surface area (TPSA) is 96.2 Å². The molecule has 0 radical (unpaired) electrons. The Kier molecular flexibility index (Phi) is 8.56. The molecule has 0 saturated carbocycles. The molecule has 1 heterocycles.